The fraction of sp³-hybridized carbons (Fsp3) is 0.0588. The lowest BCUT2D eigenvalue weighted by molar-refractivity contribution is -0.385. The average Bonchev–Trinajstić information content (AvgIpc) is 3.09. The van der Waals surface area contributed by atoms with E-state index in [-0.39, 0.29) is 22.8 Å². The van der Waals surface area contributed by atoms with Crippen molar-refractivity contribution in [2.24, 2.45) is 0 Å². The molecule has 0 aliphatic heterocycles. The van der Waals surface area contributed by atoms with Crippen molar-refractivity contribution in [3.8, 4) is 17.6 Å². The van der Waals surface area contributed by atoms with E-state index in [2.05, 4.69) is 15.4 Å². The minimum atomic E-state index is -0.609. The fourth-order valence-corrected chi connectivity index (χ4v) is 2.24. The van der Waals surface area contributed by atoms with Gasteiger partial charge in [-0.25, -0.2) is 4.98 Å². The van der Waals surface area contributed by atoms with Crippen LogP contribution in [0, 0.1) is 21.4 Å². The number of para-hydroxylation sites is 2. The molecule has 27 heavy (non-hydrogen) atoms. The van der Waals surface area contributed by atoms with Gasteiger partial charge >= 0.3 is 5.69 Å². The van der Waals surface area contributed by atoms with Gasteiger partial charge in [-0.15, -0.1) is 0 Å². The Hall–Kier alpha value is -4.26. The molecule has 2 heterocycles. The number of nitro benzene ring substituents is 1. The fourth-order valence-electron chi connectivity index (χ4n) is 2.24. The van der Waals surface area contributed by atoms with E-state index in [0.717, 1.165) is 0 Å². The normalized spacial score (nSPS) is 10.0. The highest BCUT2D eigenvalue weighted by atomic mass is 16.6. The lowest BCUT2D eigenvalue weighted by Gasteiger charge is -2.10. The highest BCUT2D eigenvalue weighted by Crippen LogP contribution is 2.25. The van der Waals surface area contributed by atoms with Crippen LogP contribution in [0.2, 0.25) is 0 Å². The maximum atomic E-state index is 12.2. The summed E-state index contributed by atoms with van der Waals surface area (Å²) in [5.41, 5.74) is -0.110. The van der Waals surface area contributed by atoms with Gasteiger partial charge < -0.3 is 10.1 Å². The van der Waals surface area contributed by atoms with Crippen molar-refractivity contribution in [1.82, 2.24) is 14.8 Å². The van der Waals surface area contributed by atoms with E-state index >= 15 is 0 Å². The molecule has 0 unspecified atom stereocenters. The van der Waals surface area contributed by atoms with Crippen LogP contribution in [-0.2, 0) is 4.79 Å². The first-order valence-corrected chi connectivity index (χ1v) is 7.65. The Morgan fingerprint density at radius 3 is 2.78 bits per heavy atom. The van der Waals surface area contributed by atoms with Gasteiger partial charge in [0.15, 0.2) is 24.0 Å². The van der Waals surface area contributed by atoms with Crippen LogP contribution in [0.5, 0.6) is 5.75 Å². The summed E-state index contributed by atoms with van der Waals surface area (Å²) in [6.45, 7) is -0.483. The summed E-state index contributed by atoms with van der Waals surface area (Å²) < 4.78 is 6.55. The Bertz CT molecular complexity index is 1030. The van der Waals surface area contributed by atoms with Gasteiger partial charge in [-0.2, -0.15) is 15.0 Å². The number of ether oxygens (including phenoxy) is 1. The van der Waals surface area contributed by atoms with Crippen molar-refractivity contribution in [3.05, 3.63) is 70.5 Å². The summed E-state index contributed by atoms with van der Waals surface area (Å²) in [7, 11) is 0. The van der Waals surface area contributed by atoms with Crippen molar-refractivity contribution >= 4 is 17.4 Å². The number of pyridine rings is 1. The van der Waals surface area contributed by atoms with Crippen LogP contribution in [0.3, 0.4) is 0 Å². The predicted octanol–water partition coefficient (Wildman–Crippen LogP) is 2.06. The van der Waals surface area contributed by atoms with E-state index < -0.39 is 17.4 Å². The maximum Gasteiger partial charge on any atom is 0.310 e. The zero-order valence-corrected chi connectivity index (χ0v) is 13.8. The Kier molecular flexibility index (Phi) is 5.04. The largest absolute Gasteiger partial charge is 0.477 e. The smallest absolute Gasteiger partial charge is 0.310 e. The molecule has 0 saturated carbocycles. The van der Waals surface area contributed by atoms with Crippen LogP contribution in [-0.4, -0.2) is 32.2 Å². The molecular weight excluding hydrogens is 352 g/mol. The molecule has 10 heteroatoms. The van der Waals surface area contributed by atoms with E-state index in [9.17, 15) is 20.2 Å². The van der Waals surface area contributed by atoms with Gasteiger partial charge in [-0.1, -0.05) is 18.2 Å². The average molecular weight is 364 g/mol. The van der Waals surface area contributed by atoms with Crippen LogP contribution in [0.1, 0.15) is 5.56 Å². The molecular formula is C17H12N6O4. The summed E-state index contributed by atoms with van der Waals surface area (Å²) >= 11 is 0. The van der Waals surface area contributed by atoms with Crippen molar-refractivity contribution in [3.63, 3.8) is 0 Å². The number of nitriles is 1. The van der Waals surface area contributed by atoms with Gasteiger partial charge in [0.25, 0.3) is 5.91 Å². The van der Waals surface area contributed by atoms with Gasteiger partial charge in [0.1, 0.15) is 11.6 Å². The number of hydrogen-bond acceptors (Lipinski definition) is 7. The third-order valence-electron chi connectivity index (χ3n) is 3.43. The van der Waals surface area contributed by atoms with Gasteiger partial charge in [0, 0.05) is 12.3 Å². The molecule has 0 atom stereocenters. The summed E-state index contributed by atoms with van der Waals surface area (Å²) in [4.78, 5) is 26.7. The molecule has 10 nitrogen and oxygen atoms in total. The zero-order chi connectivity index (χ0) is 19.2. The number of carbonyl (C=O) groups excluding carboxylic acids is 1. The number of anilines is 1. The van der Waals surface area contributed by atoms with Gasteiger partial charge in [0.05, 0.1) is 11.1 Å². The second kappa shape index (κ2) is 7.75. The number of nitro groups is 1. The number of nitrogens with one attached hydrogen (secondary N) is 1. The molecule has 0 spiro atoms. The molecule has 0 bridgehead atoms. The first-order chi connectivity index (χ1) is 13.1. The van der Waals surface area contributed by atoms with Crippen molar-refractivity contribution < 1.29 is 14.5 Å². The molecule has 134 valence electrons. The van der Waals surface area contributed by atoms with Crippen LogP contribution < -0.4 is 10.1 Å². The van der Waals surface area contributed by atoms with E-state index in [0.29, 0.717) is 5.82 Å². The maximum absolute atomic E-state index is 12.2. The second-order valence-electron chi connectivity index (χ2n) is 5.18. The van der Waals surface area contributed by atoms with Crippen LogP contribution in [0.25, 0.3) is 5.82 Å². The summed E-state index contributed by atoms with van der Waals surface area (Å²) in [5, 5.41) is 26.8. The molecule has 0 aliphatic carbocycles. The van der Waals surface area contributed by atoms with Crippen LogP contribution in [0.15, 0.2) is 54.9 Å². The summed E-state index contributed by atoms with van der Waals surface area (Å²) in [6.07, 6.45) is 2.85. The first kappa shape index (κ1) is 17.6. The summed E-state index contributed by atoms with van der Waals surface area (Å²) in [6, 6.07) is 12.8. The number of aromatic nitrogens is 3. The van der Waals surface area contributed by atoms with Crippen LogP contribution >= 0.6 is 0 Å². The van der Waals surface area contributed by atoms with Crippen molar-refractivity contribution in [2.75, 3.05) is 11.9 Å². The zero-order valence-electron chi connectivity index (χ0n) is 13.8. The third kappa shape index (κ3) is 3.88. The van der Waals surface area contributed by atoms with Crippen LogP contribution in [0.4, 0.5) is 11.5 Å². The van der Waals surface area contributed by atoms with E-state index in [1.54, 1.807) is 30.5 Å². The topological polar surface area (TPSA) is 136 Å². The SMILES string of the molecule is N#Cc1cnn(-c2ccccn2)c1NC(=O)COc1ccccc1[N+](=O)[O-]. The summed E-state index contributed by atoms with van der Waals surface area (Å²) in [5.74, 6) is -0.0972. The van der Waals surface area contributed by atoms with Gasteiger partial charge in [0.2, 0.25) is 0 Å². The molecule has 1 aromatic carbocycles. The standard InChI is InChI=1S/C17H12N6O4/c18-9-12-10-20-22(15-7-3-4-8-19-15)17(12)21-16(24)11-27-14-6-2-1-5-13(14)23(25)26/h1-8,10H,11H2,(H,21,24). The molecule has 3 rings (SSSR count). The highest BCUT2D eigenvalue weighted by molar-refractivity contribution is 5.92. The Morgan fingerprint density at radius 2 is 2.07 bits per heavy atom. The second-order valence-corrected chi connectivity index (χ2v) is 5.18. The highest BCUT2D eigenvalue weighted by Gasteiger charge is 2.18. The quantitative estimate of drug-likeness (QED) is 0.522. The molecule has 0 fully saturated rings. The van der Waals surface area contributed by atoms with Crippen molar-refractivity contribution in [2.45, 2.75) is 0 Å². The Morgan fingerprint density at radius 1 is 1.30 bits per heavy atom. The third-order valence-corrected chi connectivity index (χ3v) is 3.43. The molecule has 3 aromatic rings. The van der Waals surface area contributed by atoms with Gasteiger partial charge in [-0.05, 0) is 18.2 Å². The number of benzene rings is 1. The predicted molar refractivity (Wildman–Crippen MR) is 93.3 cm³/mol. The monoisotopic (exact) mass is 364 g/mol. The Labute approximate surface area is 152 Å². The Balaban J connectivity index is 1.77. The number of carbonyl (C=O) groups is 1. The molecule has 0 saturated heterocycles. The number of amides is 1. The lowest BCUT2D eigenvalue weighted by Crippen LogP contribution is -2.22. The van der Waals surface area contributed by atoms with E-state index in [1.165, 1.54) is 29.1 Å². The number of nitrogens with zero attached hydrogens (tertiary/aromatic N) is 5. The minimum Gasteiger partial charge on any atom is -0.477 e. The number of hydrogen-bond donors (Lipinski definition) is 1. The first-order valence-electron chi connectivity index (χ1n) is 7.65. The molecule has 1 N–H and O–H groups in total. The molecule has 0 radical (unpaired) electrons. The minimum absolute atomic E-state index is 0.0311. The van der Waals surface area contributed by atoms with Gasteiger partial charge in [-0.3, -0.25) is 14.9 Å². The number of rotatable bonds is 6. The van der Waals surface area contributed by atoms with Crippen molar-refractivity contribution in [1.29, 1.82) is 5.26 Å². The van der Waals surface area contributed by atoms with E-state index in [1.807, 2.05) is 6.07 Å². The molecule has 0 aliphatic rings. The molecule has 2 aromatic heterocycles. The molecule has 1 amide bonds. The van der Waals surface area contributed by atoms with E-state index in [4.69, 9.17) is 4.74 Å². The lowest BCUT2D eigenvalue weighted by atomic mass is 10.3.